The Kier molecular flexibility index (Phi) is 4.69. The molecule has 0 fully saturated rings. The van der Waals surface area contributed by atoms with E-state index in [9.17, 15) is 4.79 Å². The molecule has 3 nitrogen and oxygen atoms in total. The highest BCUT2D eigenvalue weighted by Crippen LogP contribution is 2.25. The fourth-order valence-corrected chi connectivity index (χ4v) is 3.48. The van der Waals surface area contributed by atoms with E-state index < -0.39 is 0 Å². The van der Waals surface area contributed by atoms with Gasteiger partial charge in [0.2, 0.25) is 5.91 Å². The molecule has 1 N–H and O–H groups in total. The molecule has 0 aromatic heterocycles. The molecule has 0 spiro atoms. The van der Waals surface area contributed by atoms with E-state index in [1.807, 2.05) is 53.4 Å². The van der Waals surface area contributed by atoms with Gasteiger partial charge in [-0.2, -0.15) is 0 Å². The van der Waals surface area contributed by atoms with Crippen molar-refractivity contribution in [3.63, 3.8) is 0 Å². The lowest BCUT2D eigenvalue weighted by Gasteiger charge is -2.25. The number of fused-ring (bicyclic) bond motifs is 1. The molecule has 1 amide bonds. The summed E-state index contributed by atoms with van der Waals surface area (Å²) in [6, 6.07) is 28.3. The van der Waals surface area contributed by atoms with Crippen LogP contribution < -0.4 is 5.32 Å². The first kappa shape index (κ1) is 16.4. The Hall–Kier alpha value is -3.07. The summed E-state index contributed by atoms with van der Waals surface area (Å²) in [6.07, 6.45) is 0.680. The Morgan fingerprint density at radius 3 is 2.15 bits per heavy atom. The van der Waals surface area contributed by atoms with E-state index >= 15 is 0 Å². The Labute approximate surface area is 154 Å². The van der Waals surface area contributed by atoms with Crippen LogP contribution in [0.5, 0.6) is 0 Å². The topological polar surface area (TPSA) is 32.3 Å². The number of nitrogens with zero attached hydrogens (tertiary/aromatic N) is 1. The molecule has 3 aromatic carbocycles. The van der Waals surface area contributed by atoms with E-state index in [-0.39, 0.29) is 11.9 Å². The molecule has 4 rings (SSSR count). The van der Waals surface area contributed by atoms with Crippen LogP contribution in [0.1, 0.15) is 16.7 Å². The lowest BCUT2D eigenvalue weighted by Crippen LogP contribution is -2.41. The van der Waals surface area contributed by atoms with Crippen molar-refractivity contribution >= 4 is 11.6 Å². The van der Waals surface area contributed by atoms with Crippen molar-refractivity contribution in [2.45, 2.75) is 25.6 Å². The van der Waals surface area contributed by atoms with Crippen molar-refractivity contribution in [2.24, 2.45) is 0 Å². The summed E-state index contributed by atoms with van der Waals surface area (Å²) < 4.78 is 0. The van der Waals surface area contributed by atoms with Crippen LogP contribution >= 0.6 is 0 Å². The predicted molar refractivity (Wildman–Crippen MR) is 105 cm³/mol. The molecule has 0 aliphatic carbocycles. The third-order valence-corrected chi connectivity index (χ3v) is 4.82. The van der Waals surface area contributed by atoms with Crippen molar-refractivity contribution in [1.29, 1.82) is 0 Å². The molecule has 0 saturated carbocycles. The summed E-state index contributed by atoms with van der Waals surface area (Å²) in [5, 5.41) is 3.48. The highest BCUT2D eigenvalue weighted by atomic mass is 16.2. The number of para-hydroxylation sites is 1. The van der Waals surface area contributed by atoms with Gasteiger partial charge in [-0.3, -0.25) is 4.79 Å². The molecular weight excluding hydrogens is 320 g/mol. The molecule has 0 radical (unpaired) electrons. The van der Waals surface area contributed by atoms with Gasteiger partial charge in [0.1, 0.15) is 6.04 Å². The van der Waals surface area contributed by atoms with E-state index in [4.69, 9.17) is 0 Å². The lowest BCUT2D eigenvalue weighted by atomic mass is 10.0. The SMILES string of the molecule is O=C1[C@H](Cc2ccccc2)Nc2ccccc2CN1Cc1ccccc1. The van der Waals surface area contributed by atoms with E-state index in [0.717, 1.165) is 22.4 Å². The predicted octanol–water partition coefficient (Wildman–Crippen LogP) is 4.25. The van der Waals surface area contributed by atoms with Crippen LogP contribution in [0.3, 0.4) is 0 Å². The van der Waals surface area contributed by atoms with E-state index in [1.165, 1.54) is 0 Å². The average molecular weight is 342 g/mol. The van der Waals surface area contributed by atoms with Gasteiger partial charge in [0.15, 0.2) is 0 Å². The molecule has 3 aromatic rings. The first-order chi connectivity index (χ1) is 12.8. The van der Waals surface area contributed by atoms with Crippen molar-refractivity contribution in [2.75, 3.05) is 5.32 Å². The second kappa shape index (κ2) is 7.44. The monoisotopic (exact) mass is 342 g/mol. The molecule has 0 unspecified atom stereocenters. The minimum atomic E-state index is -0.259. The average Bonchev–Trinajstić information content (AvgIpc) is 2.81. The zero-order chi connectivity index (χ0) is 17.8. The van der Waals surface area contributed by atoms with Gasteiger partial charge < -0.3 is 10.2 Å². The van der Waals surface area contributed by atoms with Crippen molar-refractivity contribution < 1.29 is 4.79 Å². The summed E-state index contributed by atoms with van der Waals surface area (Å²) >= 11 is 0. The largest absolute Gasteiger partial charge is 0.373 e. The highest BCUT2D eigenvalue weighted by molar-refractivity contribution is 5.86. The van der Waals surface area contributed by atoms with E-state index in [2.05, 4.69) is 41.7 Å². The van der Waals surface area contributed by atoms with Crippen LogP contribution in [0.25, 0.3) is 0 Å². The molecule has 1 atom stereocenters. The van der Waals surface area contributed by atoms with Crippen LogP contribution in [-0.4, -0.2) is 16.8 Å². The molecule has 3 heteroatoms. The maximum Gasteiger partial charge on any atom is 0.246 e. The number of hydrogen-bond donors (Lipinski definition) is 1. The number of hydrogen-bond acceptors (Lipinski definition) is 2. The summed E-state index contributed by atoms with van der Waals surface area (Å²) in [6.45, 7) is 1.25. The normalized spacial score (nSPS) is 16.5. The molecule has 1 aliphatic heterocycles. The Bertz CT molecular complexity index is 804. The number of carbonyl (C=O) groups excluding carboxylic acids is 1. The summed E-state index contributed by atoms with van der Waals surface area (Å²) in [4.78, 5) is 15.2. The van der Waals surface area contributed by atoms with Gasteiger partial charge in [0, 0.05) is 25.2 Å². The maximum atomic E-state index is 13.3. The molecule has 0 saturated heterocycles. The van der Waals surface area contributed by atoms with Gasteiger partial charge in [-0.1, -0.05) is 78.9 Å². The first-order valence-corrected chi connectivity index (χ1v) is 9.01. The molecule has 1 heterocycles. The molecule has 0 bridgehead atoms. The molecular formula is C23H22N2O. The van der Waals surface area contributed by atoms with Crippen molar-refractivity contribution in [1.82, 2.24) is 4.90 Å². The first-order valence-electron chi connectivity index (χ1n) is 9.01. The van der Waals surface area contributed by atoms with Crippen LogP contribution in [0.15, 0.2) is 84.9 Å². The fraction of sp³-hybridized carbons (Fsp3) is 0.174. The smallest absolute Gasteiger partial charge is 0.246 e. The maximum absolute atomic E-state index is 13.3. The van der Waals surface area contributed by atoms with E-state index in [1.54, 1.807) is 0 Å². The molecule has 26 heavy (non-hydrogen) atoms. The summed E-state index contributed by atoms with van der Waals surface area (Å²) in [5.41, 5.74) is 4.53. The van der Waals surface area contributed by atoms with E-state index in [0.29, 0.717) is 19.5 Å². The lowest BCUT2D eigenvalue weighted by molar-refractivity contribution is -0.133. The minimum absolute atomic E-state index is 0.147. The van der Waals surface area contributed by atoms with Crippen LogP contribution in [-0.2, 0) is 24.3 Å². The van der Waals surface area contributed by atoms with Crippen molar-refractivity contribution in [3.8, 4) is 0 Å². The van der Waals surface area contributed by atoms with Crippen molar-refractivity contribution in [3.05, 3.63) is 102 Å². The second-order valence-electron chi connectivity index (χ2n) is 6.72. The van der Waals surface area contributed by atoms with Gasteiger partial charge in [-0.25, -0.2) is 0 Å². The number of rotatable bonds is 4. The summed E-state index contributed by atoms with van der Waals surface area (Å²) in [7, 11) is 0. The molecule has 130 valence electrons. The highest BCUT2D eigenvalue weighted by Gasteiger charge is 2.29. The van der Waals surface area contributed by atoms with Gasteiger partial charge in [-0.15, -0.1) is 0 Å². The Balaban J connectivity index is 1.64. The Morgan fingerprint density at radius 1 is 0.808 bits per heavy atom. The quantitative estimate of drug-likeness (QED) is 0.769. The zero-order valence-electron chi connectivity index (χ0n) is 14.6. The fourth-order valence-electron chi connectivity index (χ4n) is 3.48. The number of amides is 1. The second-order valence-corrected chi connectivity index (χ2v) is 6.72. The molecule has 1 aliphatic rings. The van der Waals surface area contributed by atoms with Crippen LogP contribution in [0.2, 0.25) is 0 Å². The number of nitrogens with one attached hydrogen (secondary N) is 1. The third kappa shape index (κ3) is 3.62. The van der Waals surface area contributed by atoms with Gasteiger partial charge in [0.05, 0.1) is 0 Å². The van der Waals surface area contributed by atoms with Gasteiger partial charge in [0.25, 0.3) is 0 Å². The minimum Gasteiger partial charge on any atom is -0.373 e. The Morgan fingerprint density at radius 2 is 1.42 bits per heavy atom. The zero-order valence-corrected chi connectivity index (χ0v) is 14.6. The van der Waals surface area contributed by atoms with Crippen LogP contribution in [0, 0.1) is 0 Å². The number of anilines is 1. The standard InChI is InChI=1S/C23H22N2O/c26-23-22(15-18-9-3-1-4-10-18)24-21-14-8-7-13-20(21)17-25(23)16-19-11-5-2-6-12-19/h1-14,22,24H,15-17H2/t22-/m0/s1. The van der Waals surface area contributed by atoms with Gasteiger partial charge in [-0.05, 0) is 22.8 Å². The van der Waals surface area contributed by atoms with Gasteiger partial charge >= 0.3 is 0 Å². The summed E-state index contributed by atoms with van der Waals surface area (Å²) in [5.74, 6) is 0.147. The third-order valence-electron chi connectivity index (χ3n) is 4.82. The number of carbonyl (C=O) groups is 1. The number of benzene rings is 3. The van der Waals surface area contributed by atoms with Crippen LogP contribution in [0.4, 0.5) is 5.69 Å².